The van der Waals surface area contributed by atoms with Crippen LogP contribution in [-0.4, -0.2) is 8.07 Å². The third-order valence-electron chi connectivity index (χ3n) is 13.5. The van der Waals surface area contributed by atoms with Gasteiger partial charge in [-0.2, -0.15) is 0 Å². The molecule has 0 bridgehead atoms. The highest BCUT2D eigenvalue weighted by Crippen LogP contribution is 2.52. The molecule has 0 radical (unpaired) electrons. The summed E-state index contributed by atoms with van der Waals surface area (Å²) in [5.74, 6) is 0. The molecule has 2 heteroatoms. The van der Waals surface area contributed by atoms with Gasteiger partial charge in [0.05, 0.1) is 5.69 Å². The summed E-state index contributed by atoms with van der Waals surface area (Å²) < 4.78 is 0. The Morgan fingerprint density at radius 2 is 0.847 bits per heavy atom. The van der Waals surface area contributed by atoms with Crippen molar-refractivity contribution in [2.75, 3.05) is 4.90 Å². The quantitative estimate of drug-likeness (QED) is 0.158. The van der Waals surface area contributed by atoms with Crippen molar-refractivity contribution >= 4 is 45.9 Å². The Balaban J connectivity index is 1.14. The Bertz CT molecular complexity index is 3080. The van der Waals surface area contributed by atoms with Crippen molar-refractivity contribution in [3.8, 4) is 55.6 Å². The molecule has 0 unspecified atom stereocenters. The molecule has 2 heterocycles. The number of hydrogen-bond acceptors (Lipinski definition) is 1. The zero-order valence-electron chi connectivity index (χ0n) is 33.2. The van der Waals surface area contributed by atoms with Gasteiger partial charge in [-0.15, -0.1) is 0 Å². The van der Waals surface area contributed by atoms with E-state index in [1.807, 2.05) is 0 Å². The maximum Gasteiger partial charge on any atom is 0.182 e. The Hall–Kier alpha value is -7.00. The summed E-state index contributed by atoms with van der Waals surface area (Å²) in [6.07, 6.45) is 0. The number of hydrogen-bond donors (Lipinski definition) is 0. The highest BCUT2D eigenvalue weighted by Gasteiger charge is 2.54. The first-order valence-corrected chi connectivity index (χ1v) is 22.8. The predicted octanol–water partition coefficient (Wildman–Crippen LogP) is 12.1. The molecule has 3 aliphatic rings. The van der Waals surface area contributed by atoms with Crippen LogP contribution in [0.2, 0.25) is 0 Å². The minimum Gasteiger partial charge on any atom is -0.310 e. The van der Waals surface area contributed by atoms with E-state index in [4.69, 9.17) is 0 Å². The van der Waals surface area contributed by atoms with Gasteiger partial charge in [0.25, 0.3) is 0 Å². The predicted molar refractivity (Wildman–Crippen MR) is 251 cm³/mol. The average Bonchev–Trinajstić information content (AvgIpc) is 3.85. The second-order valence-electron chi connectivity index (χ2n) is 16.8. The molecule has 1 aliphatic carbocycles. The topological polar surface area (TPSA) is 3.24 Å². The number of benzene rings is 9. The monoisotopic (exact) mass is 767 g/mol. The summed E-state index contributed by atoms with van der Waals surface area (Å²) in [6.45, 7) is 4.74. The highest BCUT2D eigenvalue weighted by molar-refractivity contribution is 7.24. The summed E-state index contributed by atoms with van der Waals surface area (Å²) in [7, 11) is -2.66. The number of nitrogens with zero attached hydrogens (tertiary/aromatic N) is 1. The molecule has 59 heavy (non-hydrogen) atoms. The third kappa shape index (κ3) is 4.72. The Morgan fingerprint density at radius 1 is 0.339 bits per heavy atom. The minimum atomic E-state index is -2.66. The molecule has 0 saturated heterocycles. The van der Waals surface area contributed by atoms with Gasteiger partial charge in [-0.05, 0) is 112 Å². The van der Waals surface area contributed by atoms with E-state index >= 15 is 0 Å². The number of fused-ring (bicyclic) bond motifs is 13. The van der Waals surface area contributed by atoms with Crippen LogP contribution < -0.4 is 25.6 Å². The van der Waals surface area contributed by atoms with E-state index in [9.17, 15) is 0 Å². The van der Waals surface area contributed by atoms with Crippen LogP contribution in [0.1, 0.15) is 25.0 Å². The van der Waals surface area contributed by atoms with Crippen molar-refractivity contribution in [2.45, 2.75) is 19.3 Å². The fraction of sp³-hybridized carbons (Fsp3) is 0.0526. The first-order chi connectivity index (χ1) is 29.0. The molecule has 0 amide bonds. The standard InChI is InChI=1S/C57H41NSi/c1-57(2)49-27-13-9-22-43(49)44-35-33-41(37-50(44)57)58(40-20-7-4-8-21-40)51-28-17-26-42(38-18-5-3-6-19-38)56(51)39-32-34-48-47-25-12-16-31-54(47)59(55(48)36-39)52-29-14-10-23-45(52)46-24-11-15-30-53(46)59/h3-37H,1-2H3. The fourth-order valence-electron chi connectivity index (χ4n) is 11.0. The summed E-state index contributed by atoms with van der Waals surface area (Å²) in [6, 6.07) is 80.0. The largest absolute Gasteiger partial charge is 0.310 e. The van der Waals surface area contributed by atoms with E-state index < -0.39 is 8.07 Å². The maximum atomic E-state index is 2.59. The smallest absolute Gasteiger partial charge is 0.182 e. The van der Waals surface area contributed by atoms with Gasteiger partial charge in [-0.3, -0.25) is 0 Å². The van der Waals surface area contributed by atoms with E-state index in [2.05, 4.69) is 231 Å². The van der Waals surface area contributed by atoms with E-state index in [-0.39, 0.29) is 5.41 Å². The van der Waals surface area contributed by atoms with Crippen LogP contribution in [0.5, 0.6) is 0 Å². The molecule has 12 rings (SSSR count). The number of para-hydroxylation sites is 1. The zero-order valence-corrected chi connectivity index (χ0v) is 34.2. The summed E-state index contributed by atoms with van der Waals surface area (Å²) in [5.41, 5.74) is 19.1. The third-order valence-corrected chi connectivity index (χ3v) is 18.4. The summed E-state index contributed by atoms with van der Waals surface area (Å²) in [5, 5.41) is 5.96. The number of rotatable bonds is 5. The molecule has 0 aromatic heterocycles. The van der Waals surface area contributed by atoms with Gasteiger partial charge in [0, 0.05) is 22.4 Å². The Labute approximate surface area is 347 Å². The fourth-order valence-corrected chi connectivity index (χ4v) is 16.6. The molecule has 9 aromatic carbocycles. The van der Waals surface area contributed by atoms with Gasteiger partial charge in [-0.25, -0.2) is 0 Å². The van der Waals surface area contributed by atoms with Gasteiger partial charge in [0.15, 0.2) is 8.07 Å². The van der Waals surface area contributed by atoms with E-state index in [0.29, 0.717) is 0 Å². The number of anilines is 3. The van der Waals surface area contributed by atoms with Crippen LogP contribution in [0.15, 0.2) is 212 Å². The van der Waals surface area contributed by atoms with Crippen molar-refractivity contribution in [2.24, 2.45) is 0 Å². The van der Waals surface area contributed by atoms with Crippen molar-refractivity contribution in [1.82, 2.24) is 0 Å². The van der Waals surface area contributed by atoms with Crippen molar-refractivity contribution in [3.63, 3.8) is 0 Å². The molecule has 0 N–H and O–H groups in total. The first kappa shape index (κ1) is 34.1. The zero-order chi connectivity index (χ0) is 39.3. The molecule has 1 spiro atoms. The molecule has 2 aliphatic heterocycles. The van der Waals surface area contributed by atoms with Gasteiger partial charge in [0.1, 0.15) is 0 Å². The molecular formula is C57H41NSi. The van der Waals surface area contributed by atoms with E-state index in [1.165, 1.54) is 87.5 Å². The summed E-state index contributed by atoms with van der Waals surface area (Å²) in [4.78, 5) is 2.50. The van der Waals surface area contributed by atoms with Crippen LogP contribution in [0, 0.1) is 0 Å². The Kier molecular flexibility index (Phi) is 7.36. The highest BCUT2D eigenvalue weighted by atomic mass is 28.3. The van der Waals surface area contributed by atoms with Crippen LogP contribution in [0.3, 0.4) is 0 Å². The summed E-state index contributed by atoms with van der Waals surface area (Å²) >= 11 is 0. The minimum absolute atomic E-state index is 0.124. The maximum absolute atomic E-state index is 2.66. The average molecular weight is 768 g/mol. The molecule has 0 saturated carbocycles. The van der Waals surface area contributed by atoms with Gasteiger partial charge in [-0.1, -0.05) is 196 Å². The molecule has 9 aromatic rings. The lowest BCUT2D eigenvalue weighted by atomic mass is 9.82. The lowest BCUT2D eigenvalue weighted by Crippen LogP contribution is -2.70. The lowest BCUT2D eigenvalue weighted by molar-refractivity contribution is 0.660. The van der Waals surface area contributed by atoms with Crippen LogP contribution in [0.4, 0.5) is 17.1 Å². The van der Waals surface area contributed by atoms with Crippen molar-refractivity contribution < 1.29 is 0 Å². The SMILES string of the molecule is CC1(C)c2ccccc2-c2ccc(N(c3ccccc3)c3cccc(-c4ccccc4)c3-c3ccc4c(c3)[Si]3(c5ccccc5-c5ccccc53)c3ccccc3-4)cc21. The van der Waals surface area contributed by atoms with E-state index in [0.717, 1.165) is 17.1 Å². The first-order valence-electron chi connectivity index (χ1n) is 20.8. The molecule has 278 valence electrons. The van der Waals surface area contributed by atoms with Gasteiger partial charge in [0.2, 0.25) is 0 Å². The molecular weight excluding hydrogens is 727 g/mol. The second-order valence-corrected chi connectivity index (χ2v) is 20.4. The van der Waals surface area contributed by atoms with Gasteiger partial charge >= 0.3 is 0 Å². The molecule has 0 atom stereocenters. The van der Waals surface area contributed by atoms with Crippen molar-refractivity contribution in [3.05, 3.63) is 223 Å². The lowest BCUT2D eigenvalue weighted by Gasteiger charge is -2.31. The normalized spacial score (nSPS) is 14.2. The van der Waals surface area contributed by atoms with E-state index in [1.54, 1.807) is 0 Å². The van der Waals surface area contributed by atoms with Crippen LogP contribution >= 0.6 is 0 Å². The van der Waals surface area contributed by atoms with Gasteiger partial charge < -0.3 is 4.90 Å². The molecule has 0 fully saturated rings. The second kappa shape index (κ2) is 12.7. The van der Waals surface area contributed by atoms with Crippen LogP contribution in [0.25, 0.3) is 55.6 Å². The Morgan fingerprint density at radius 3 is 1.51 bits per heavy atom. The molecule has 1 nitrogen and oxygen atoms in total. The van der Waals surface area contributed by atoms with Crippen LogP contribution in [-0.2, 0) is 5.41 Å². The van der Waals surface area contributed by atoms with Crippen molar-refractivity contribution in [1.29, 1.82) is 0 Å².